The Morgan fingerprint density at radius 3 is 2.94 bits per heavy atom. The summed E-state index contributed by atoms with van der Waals surface area (Å²) < 4.78 is 10.5. The lowest BCUT2D eigenvalue weighted by molar-refractivity contribution is 0.171. The number of methoxy groups -OCH3 is 1. The molecule has 0 saturated carbocycles. The molecule has 0 saturated heterocycles. The van der Waals surface area contributed by atoms with Gasteiger partial charge in [-0.15, -0.1) is 0 Å². The van der Waals surface area contributed by atoms with E-state index in [9.17, 15) is 0 Å². The Balaban J connectivity index is 2.18. The van der Waals surface area contributed by atoms with E-state index in [-0.39, 0.29) is 0 Å². The fraction of sp³-hybridized carbons (Fsp3) is 0.333. The molecule has 0 bridgehead atoms. The minimum Gasteiger partial charge on any atom is -0.477 e. The van der Waals surface area contributed by atoms with Crippen molar-refractivity contribution >= 4 is 16.6 Å². The number of anilines is 1. The smallest absolute Gasteiger partial charge is 0.224 e. The molecule has 0 spiro atoms. The van der Waals surface area contributed by atoms with Crippen LogP contribution in [0.1, 0.15) is 6.42 Å². The highest BCUT2D eigenvalue weighted by Crippen LogP contribution is 2.23. The average Bonchev–Trinajstić information content (AvgIpc) is 2.35. The number of hydrogen-bond donors (Lipinski definition) is 1. The second-order valence-electron chi connectivity index (χ2n) is 3.65. The van der Waals surface area contributed by atoms with Gasteiger partial charge in [-0.1, -0.05) is 0 Å². The van der Waals surface area contributed by atoms with Crippen molar-refractivity contribution in [3.63, 3.8) is 0 Å². The summed E-state index contributed by atoms with van der Waals surface area (Å²) in [6.07, 6.45) is 2.31. The lowest BCUT2D eigenvalue weighted by atomic mass is 10.2. The summed E-state index contributed by atoms with van der Waals surface area (Å²) in [4.78, 5) is 8.27. The van der Waals surface area contributed by atoms with E-state index >= 15 is 0 Å². The molecule has 2 aromatic rings. The first kappa shape index (κ1) is 11.6. The normalized spacial score (nSPS) is 10.6. The van der Waals surface area contributed by atoms with E-state index in [2.05, 4.69) is 9.97 Å². The summed E-state index contributed by atoms with van der Waals surface area (Å²) in [6.45, 7) is 1.24. The quantitative estimate of drug-likeness (QED) is 0.627. The van der Waals surface area contributed by atoms with Crippen LogP contribution in [0.2, 0.25) is 0 Å². The molecule has 0 atom stereocenters. The number of nitrogens with zero attached hydrogens (tertiary/aromatic N) is 2. The van der Waals surface area contributed by atoms with Crippen molar-refractivity contribution in [3.8, 4) is 5.88 Å². The van der Waals surface area contributed by atoms with Crippen LogP contribution in [0.25, 0.3) is 10.9 Å². The second-order valence-corrected chi connectivity index (χ2v) is 3.65. The summed E-state index contributed by atoms with van der Waals surface area (Å²) in [5.74, 6) is 0.568. The Morgan fingerprint density at radius 1 is 1.24 bits per heavy atom. The Morgan fingerprint density at radius 2 is 2.12 bits per heavy atom. The molecule has 0 radical (unpaired) electrons. The first-order valence-corrected chi connectivity index (χ1v) is 5.43. The van der Waals surface area contributed by atoms with Gasteiger partial charge in [-0.2, -0.15) is 0 Å². The molecule has 0 fully saturated rings. The summed E-state index contributed by atoms with van der Waals surface area (Å²) in [5, 5.41) is 0.838. The summed E-state index contributed by atoms with van der Waals surface area (Å²) in [5.41, 5.74) is 7.24. The molecule has 2 rings (SSSR count). The minimum absolute atomic E-state index is 0.564. The maximum absolute atomic E-state index is 5.74. The number of nitrogens with two attached hydrogens (primary N) is 1. The largest absolute Gasteiger partial charge is 0.477 e. The standard InChI is InChI=1S/C12H15N3O2/c1-16-5-2-6-17-12-10-7-9(13)3-4-11(10)14-8-15-12/h3-4,7-8H,2,5-6,13H2,1H3. The molecule has 17 heavy (non-hydrogen) atoms. The first-order chi connectivity index (χ1) is 8.31. The number of benzene rings is 1. The second kappa shape index (κ2) is 5.45. The van der Waals surface area contributed by atoms with Gasteiger partial charge in [-0.05, 0) is 18.2 Å². The molecule has 0 aliphatic heterocycles. The molecule has 0 unspecified atom stereocenters. The zero-order chi connectivity index (χ0) is 12.1. The van der Waals surface area contributed by atoms with E-state index < -0.39 is 0 Å². The summed E-state index contributed by atoms with van der Waals surface area (Å²) in [7, 11) is 1.67. The van der Waals surface area contributed by atoms with Crippen LogP contribution >= 0.6 is 0 Å². The fourth-order valence-electron chi connectivity index (χ4n) is 1.54. The van der Waals surface area contributed by atoms with E-state index in [0.29, 0.717) is 24.8 Å². The molecule has 5 nitrogen and oxygen atoms in total. The topological polar surface area (TPSA) is 70.3 Å². The molecular weight excluding hydrogens is 218 g/mol. The zero-order valence-corrected chi connectivity index (χ0v) is 9.72. The molecule has 5 heteroatoms. The van der Waals surface area contributed by atoms with Crippen LogP contribution in [0.15, 0.2) is 24.5 Å². The molecule has 90 valence electrons. The predicted octanol–water partition coefficient (Wildman–Crippen LogP) is 1.63. The van der Waals surface area contributed by atoms with Crippen molar-refractivity contribution in [2.45, 2.75) is 6.42 Å². The van der Waals surface area contributed by atoms with Crippen LogP contribution in [-0.4, -0.2) is 30.3 Å². The molecule has 0 aliphatic rings. The Labute approximate surface area is 99.6 Å². The highest BCUT2D eigenvalue weighted by Gasteiger charge is 2.04. The lowest BCUT2D eigenvalue weighted by Crippen LogP contribution is -2.03. The van der Waals surface area contributed by atoms with Crippen molar-refractivity contribution < 1.29 is 9.47 Å². The van der Waals surface area contributed by atoms with Crippen LogP contribution in [0.5, 0.6) is 5.88 Å². The third-order valence-electron chi connectivity index (χ3n) is 2.35. The first-order valence-electron chi connectivity index (χ1n) is 5.43. The summed E-state index contributed by atoms with van der Waals surface area (Å²) in [6, 6.07) is 5.49. The van der Waals surface area contributed by atoms with Gasteiger partial charge in [-0.25, -0.2) is 9.97 Å². The number of aromatic nitrogens is 2. The average molecular weight is 233 g/mol. The van der Waals surface area contributed by atoms with Crippen molar-refractivity contribution in [1.29, 1.82) is 0 Å². The van der Waals surface area contributed by atoms with Gasteiger partial charge in [0.15, 0.2) is 0 Å². The molecule has 0 aliphatic carbocycles. The fourth-order valence-corrected chi connectivity index (χ4v) is 1.54. The van der Waals surface area contributed by atoms with Gasteiger partial charge in [-0.3, -0.25) is 0 Å². The Hall–Kier alpha value is -1.88. The number of fused-ring (bicyclic) bond motifs is 1. The SMILES string of the molecule is COCCCOc1ncnc2ccc(N)cc12. The Bertz CT molecular complexity index is 502. The van der Waals surface area contributed by atoms with Gasteiger partial charge >= 0.3 is 0 Å². The van der Waals surface area contributed by atoms with Crippen LogP contribution in [0.4, 0.5) is 5.69 Å². The maximum atomic E-state index is 5.74. The third kappa shape index (κ3) is 2.82. The molecule has 1 heterocycles. The van der Waals surface area contributed by atoms with Crippen molar-refractivity contribution in [1.82, 2.24) is 9.97 Å². The van der Waals surface area contributed by atoms with Crippen LogP contribution in [0.3, 0.4) is 0 Å². The van der Waals surface area contributed by atoms with Gasteiger partial charge in [0.25, 0.3) is 0 Å². The van der Waals surface area contributed by atoms with E-state index in [1.54, 1.807) is 7.11 Å². The van der Waals surface area contributed by atoms with Crippen LogP contribution in [-0.2, 0) is 4.74 Å². The highest BCUT2D eigenvalue weighted by molar-refractivity contribution is 5.86. The van der Waals surface area contributed by atoms with Gasteiger partial charge in [0.1, 0.15) is 6.33 Å². The zero-order valence-electron chi connectivity index (χ0n) is 9.72. The number of rotatable bonds is 5. The number of ether oxygens (including phenoxy) is 2. The van der Waals surface area contributed by atoms with E-state index in [1.165, 1.54) is 6.33 Å². The minimum atomic E-state index is 0.564. The van der Waals surface area contributed by atoms with E-state index in [0.717, 1.165) is 17.3 Å². The van der Waals surface area contributed by atoms with Gasteiger partial charge in [0.05, 0.1) is 17.5 Å². The third-order valence-corrected chi connectivity index (χ3v) is 2.35. The summed E-state index contributed by atoms with van der Waals surface area (Å²) >= 11 is 0. The Kier molecular flexibility index (Phi) is 3.72. The van der Waals surface area contributed by atoms with Gasteiger partial charge in [0.2, 0.25) is 5.88 Å². The van der Waals surface area contributed by atoms with Gasteiger partial charge in [0, 0.05) is 25.8 Å². The van der Waals surface area contributed by atoms with Gasteiger partial charge < -0.3 is 15.2 Å². The molecular formula is C12H15N3O2. The lowest BCUT2D eigenvalue weighted by Gasteiger charge is -2.07. The highest BCUT2D eigenvalue weighted by atomic mass is 16.5. The van der Waals surface area contributed by atoms with Crippen molar-refractivity contribution in [2.24, 2.45) is 0 Å². The number of hydrogen-bond acceptors (Lipinski definition) is 5. The van der Waals surface area contributed by atoms with E-state index in [4.69, 9.17) is 15.2 Å². The maximum Gasteiger partial charge on any atom is 0.224 e. The predicted molar refractivity (Wildman–Crippen MR) is 65.9 cm³/mol. The molecule has 1 aromatic carbocycles. The number of nitrogen functional groups attached to an aromatic ring is 1. The molecule has 2 N–H and O–H groups in total. The van der Waals surface area contributed by atoms with Crippen molar-refractivity contribution in [2.75, 3.05) is 26.1 Å². The van der Waals surface area contributed by atoms with Crippen LogP contribution < -0.4 is 10.5 Å². The van der Waals surface area contributed by atoms with Crippen LogP contribution in [0, 0.1) is 0 Å². The van der Waals surface area contributed by atoms with E-state index in [1.807, 2.05) is 18.2 Å². The monoisotopic (exact) mass is 233 g/mol. The molecule has 0 amide bonds. The molecule has 1 aromatic heterocycles. The van der Waals surface area contributed by atoms with Crippen molar-refractivity contribution in [3.05, 3.63) is 24.5 Å².